The lowest BCUT2D eigenvalue weighted by Crippen LogP contribution is -2.17. The third kappa shape index (κ3) is 1.71. The Balaban J connectivity index is 2.83. The summed E-state index contributed by atoms with van der Waals surface area (Å²) in [4.78, 5) is 0. The summed E-state index contributed by atoms with van der Waals surface area (Å²) in [6.45, 7) is 5.25. The highest BCUT2D eigenvalue weighted by atomic mass is 127. The van der Waals surface area contributed by atoms with Crippen molar-refractivity contribution in [1.29, 1.82) is 0 Å². The molecule has 0 unspecified atom stereocenters. The molecule has 1 N–H and O–H groups in total. The molecule has 0 aromatic rings. The van der Waals surface area contributed by atoms with Gasteiger partial charge in [-0.2, -0.15) is 0 Å². The van der Waals surface area contributed by atoms with Crippen LogP contribution >= 0.6 is 22.6 Å². The Morgan fingerprint density at radius 2 is 2.22 bits per heavy atom. The minimum atomic E-state index is 1.01. The van der Waals surface area contributed by atoms with Crippen LogP contribution in [0.15, 0.2) is 20.9 Å². The molecule has 50 valence electrons. The lowest BCUT2D eigenvalue weighted by Gasteiger charge is -2.13. The average molecular weight is 235 g/mol. The molecule has 0 bridgehead atoms. The lowest BCUT2D eigenvalue weighted by atomic mass is 10.2. The maximum absolute atomic E-state index is 3.26. The van der Waals surface area contributed by atoms with Crippen molar-refractivity contribution in [2.75, 3.05) is 6.54 Å². The number of halogens is 1. The fraction of sp³-hybridized carbons (Fsp3) is 0.429. The molecule has 1 aliphatic rings. The first kappa shape index (κ1) is 7.12. The van der Waals surface area contributed by atoms with Crippen molar-refractivity contribution in [3.05, 3.63) is 20.9 Å². The molecule has 0 radical (unpaired) electrons. The van der Waals surface area contributed by atoms with Gasteiger partial charge in [-0.15, -0.1) is 0 Å². The van der Waals surface area contributed by atoms with Crippen LogP contribution in [-0.4, -0.2) is 6.54 Å². The average Bonchev–Trinajstić information content (AvgIpc) is 1.80. The van der Waals surface area contributed by atoms with E-state index in [-0.39, 0.29) is 0 Å². The summed E-state index contributed by atoms with van der Waals surface area (Å²) in [6, 6.07) is 0. The first-order valence-corrected chi connectivity index (χ1v) is 4.05. The summed E-state index contributed by atoms with van der Waals surface area (Å²) < 4.78 is 1.38. The molecule has 0 aromatic carbocycles. The van der Waals surface area contributed by atoms with Crippen LogP contribution in [-0.2, 0) is 0 Å². The van der Waals surface area contributed by atoms with Gasteiger partial charge in [0.2, 0.25) is 0 Å². The summed E-state index contributed by atoms with van der Waals surface area (Å²) >= 11 is 2.36. The predicted molar refractivity (Wildman–Crippen MR) is 48.5 cm³/mol. The summed E-state index contributed by atoms with van der Waals surface area (Å²) in [5, 5.41) is 3.26. The Morgan fingerprint density at radius 1 is 1.56 bits per heavy atom. The first-order chi connectivity index (χ1) is 4.20. The zero-order valence-corrected chi connectivity index (χ0v) is 7.82. The first-order valence-electron chi connectivity index (χ1n) is 2.97. The maximum atomic E-state index is 3.26. The minimum Gasteiger partial charge on any atom is -0.385 e. The van der Waals surface area contributed by atoms with Crippen molar-refractivity contribution in [2.24, 2.45) is 0 Å². The highest BCUT2D eigenvalue weighted by Crippen LogP contribution is 2.18. The highest BCUT2D eigenvalue weighted by molar-refractivity contribution is 14.1. The van der Waals surface area contributed by atoms with Gasteiger partial charge in [0.25, 0.3) is 0 Å². The normalized spacial score (nSPS) is 19.2. The van der Waals surface area contributed by atoms with Gasteiger partial charge in [-0.1, -0.05) is 0 Å². The smallest absolute Gasteiger partial charge is 0.0367 e. The van der Waals surface area contributed by atoms with Crippen molar-refractivity contribution in [3.8, 4) is 0 Å². The van der Waals surface area contributed by atoms with Crippen molar-refractivity contribution >= 4 is 22.6 Å². The molecule has 0 saturated heterocycles. The van der Waals surface area contributed by atoms with Crippen LogP contribution < -0.4 is 5.32 Å². The van der Waals surface area contributed by atoms with E-state index in [1.807, 2.05) is 0 Å². The summed E-state index contributed by atoms with van der Waals surface area (Å²) in [5.41, 5.74) is 2.70. The molecule has 1 rings (SSSR count). The summed E-state index contributed by atoms with van der Waals surface area (Å²) in [7, 11) is 0. The van der Waals surface area contributed by atoms with Gasteiger partial charge >= 0.3 is 0 Å². The maximum Gasteiger partial charge on any atom is 0.0367 e. The number of rotatable bonds is 0. The van der Waals surface area contributed by atoms with E-state index in [1.54, 1.807) is 0 Å². The largest absolute Gasteiger partial charge is 0.385 e. The van der Waals surface area contributed by atoms with Crippen molar-refractivity contribution < 1.29 is 0 Å². The van der Waals surface area contributed by atoms with E-state index in [0.717, 1.165) is 6.54 Å². The van der Waals surface area contributed by atoms with Gasteiger partial charge in [-0.3, -0.25) is 0 Å². The van der Waals surface area contributed by atoms with Crippen LogP contribution in [0.1, 0.15) is 13.8 Å². The molecule has 0 aromatic heterocycles. The van der Waals surface area contributed by atoms with Crippen molar-refractivity contribution in [3.63, 3.8) is 0 Å². The molecule has 1 heterocycles. The van der Waals surface area contributed by atoms with Gasteiger partial charge < -0.3 is 5.32 Å². The quantitative estimate of drug-likeness (QED) is 0.634. The van der Waals surface area contributed by atoms with Crippen molar-refractivity contribution in [1.82, 2.24) is 5.32 Å². The van der Waals surface area contributed by atoms with E-state index >= 15 is 0 Å². The second-order valence-corrected chi connectivity index (χ2v) is 3.47. The van der Waals surface area contributed by atoms with Gasteiger partial charge in [0.1, 0.15) is 0 Å². The fourth-order valence-corrected chi connectivity index (χ4v) is 1.38. The molecule has 2 heteroatoms. The number of hydrogen-bond acceptors (Lipinski definition) is 1. The molecular weight excluding hydrogens is 225 g/mol. The minimum absolute atomic E-state index is 1.01. The fourth-order valence-electron chi connectivity index (χ4n) is 0.721. The Kier molecular flexibility index (Phi) is 2.16. The van der Waals surface area contributed by atoms with E-state index in [4.69, 9.17) is 0 Å². The summed E-state index contributed by atoms with van der Waals surface area (Å²) in [5.74, 6) is 0. The monoisotopic (exact) mass is 235 g/mol. The molecule has 1 nitrogen and oxygen atoms in total. The Labute approximate surface area is 69.4 Å². The number of allylic oxidation sites excluding steroid dienone is 3. The van der Waals surface area contributed by atoms with Gasteiger partial charge in [-0.25, -0.2) is 0 Å². The van der Waals surface area contributed by atoms with Gasteiger partial charge in [0, 0.05) is 15.8 Å². The summed E-state index contributed by atoms with van der Waals surface area (Å²) in [6.07, 6.45) is 2.17. The third-order valence-corrected chi connectivity index (χ3v) is 2.62. The van der Waals surface area contributed by atoms with E-state index in [0.29, 0.717) is 0 Å². The van der Waals surface area contributed by atoms with E-state index < -0.39 is 0 Å². The topological polar surface area (TPSA) is 12.0 Å². The second-order valence-electron chi connectivity index (χ2n) is 2.31. The van der Waals surface area contributed by atoms with Crippen molar-refractivity contribution in [2.45, 2.75) is 13.8 Å². The van der Waals surface area contributed by atoms with Crippen LogP contribution in [0.4, 0.5) is 0 Å². The molecule has 0 aliphatic carbocycles. The third-order valence-electron chi connectivity index (χ3n) is 1.38. The van der Waals surface area contributed by atoms with Crippen LogP contribution in [0.2, 0.25) is 0 Å². The molecule has 0 atom stereocenters. The number of dihydropyridines is 1. The molecule has 0 fully saturated rings. The standard InChI is InChI=1S/C7H10IN/c1-5-4-9-6(2)3-7(5)8/h3,9H,4H2,1-2H3. The Hall–Kier alpha value is 0.01000. The van der Waals surface area contributed by atoms with Crippen LogP contribution in [0.3, 0.4) is 0 Å². The number of hydrogen-bond donors (Lipinski definition) is 1. The lowest BCUT2D eigenvalue weighted by molar-refractivity contribution is 0.852. The number of nitrogens with one attached hydrogen (secondary N) is 1. The molecule has 1 aliphatic heterocycles. The van der Waals surface area contributed by atoms with E-state index in [1.165, 1.54) is 14.8 Å². The van der Waals surface area contributed by atoms with Crippen LogP contribution in [0.25, 0.3) is 0 Å². The van der Waals surface area contributed by atoms with Gasteiger partial charge in [-0.05, 0) is 48.1 Å². The molecule has 9 heavy (non-hydrogen) atoms. The second kappa shape index (κ2) is 2.73. The molecule has 0 amide bonds. The van der Waals surface area contributed by atoms with E-state index in [2.05, 4.69) is 47.8 Å². The molecule has 0 spiro atoms. The highest BCUT2D eigenvalue weighted by Gasteiger charge is 2.01. The molecule has 0 saturated carbocycles. The zero-order valence-electron chi connectivity index (χ0n) is 5.66. The van der Waals surface area contributed by atoms with E-state index in [9.17, 15) is 0 Å². The predicted octanol–water partition coefficient (Wildman–Crippen LogP) is 2.20. The SMILES string of the molecule is CC1=CC(I)=C(C)CN1. The Morgan fingerprint density at radius 3 is 2.67 bits per heavy atom. The van der Waals surface area contributed by atoms with Crippen LogP contribution in [0, 0.1) is 0 Å². The van der Waals surface area contributed by atoms with Gasteiger partial charge in [0.15, 0.2) is 0 Å². The Bertz CT molecular complexity index is 179. The van der Waals surface area contributed by atoms with Crippen LogP contribution in [0.5, 0.6) is 0 Å². The van der Waals surface area contributed by atoms with Gasteiger partial charge in [0.05, 0.1) is 0 Å². The zero-order chi connectivity index (χ0) is 6.85. The molecular formula is C7H10IN.